The van der Waals surface area contributed by atoms with E-state index >= 15 is 0 Å². The van der Waals surface area contributed by atoms with E-state index in [1.165, 1.54) is 0 Å². The van der Waals surface area contributed by atoms with Crippen molar-refractivity contribution in [2.75, 3.05) is 13.7 Å². The van der Waals surface area contributed by atoms with Gasteiger partial charge in [-0.25, -0.2) is 13.2 Å². The molecule has 144 valence electrons. The number of carbonyl (C=O) groups is 1. The van der Waals surface area contributed by atoms with Crippen LogP contribution in [0.2, 0.25) is 19.1 Å². The van der Waals surface area contributed by atoms with Crippen LogP contribution in [0.25, 0.3) is 0 Å². The fraction of sp³-hybridized carbons (Fsp3) is 0.929. The van der Waals surface area contributed by atoms with Gasteiger partial charge in [-0.3, -0.25) is 0 Å². The van der Waals surface area contributed by atoms with Gasteiger partial charge in [0.2, 0.25) is 0 Å². The summed E-state index contributed by atoms with van der Waals surface area (Å²) < 4.78 is 65.9. The van der Waals surface area contributed by atoms with E-state index in [9.17, 15) is 26.5 Å². The van der Waals surface area contributed by atoms with Crippen LogP contribution in [-0.4, -0.2) is 46.2 Å². The maximum atomic E-state index is 12.8. The third-order valence-corrected chi connectivity index (χ3v) is 7.22. The Kier molecular flexibility index (Phi) is 10.2. The van der Waals surface area contributed by atoms with Crippen molar-refractivity contribution in [1.82, 2.24) is 0 Å². The maximum Gasteiger partial charge on any atom is 0.428 e. The van der Waals surface area contributed by atoms with Crippen molar-refractivity contribution in [3.8, 4) is 0 Å². The lowest BCUT2D eigenvalue weighted by Gasteiger charge is -2.19. The summed E-state index contributed by atoms with van der Waals surface area (Å²) >= 11 is 0. The molecule has 0 aromatic carbocycles. The van der Waals surface area contributed by atoms with E-state index in [-0.39, 0.29) is 6.61 Å². The molecule has 0 rings (SSSR count). The van der Waals surface area contributed by atoms with E-state index in [0.717, 1.165) is 38.1 Å². The van der Waals surface area contributed by atoms with E-state index in [1.807, 2.05) is 0 Å². The highest BCUT2D eigenvalue weighted by Crippen LogP contribution is 2.22. The summed E-state index contributed by atoms with van der Waals surface area (Å²) in [4.78, 5) is 10.9. The lowest BCUT2D eigenvalue weighted by Crippen LogP contribution is -2.39. The topological polar surface area (TPSA) is 92.7 Å². The second-order valence-electron chi connectivity index (χ2n) is 6.30. The van der Waals surface area contributed by atoms with Gasteiger partial charge >= 0.3 is 11.2 Å². The van der Waals surface area contributed by atoms with E-state index in [2.05, 4.69) is 17.8 Å². The third kappa shape index (κ3) is 9.05. The van der Waals surface area contributed by atoms with Crippen LogP contribution in [0.3, 0.4) is 0 Å². The van der Waals surface area contributed by atoms with E-state index in [1.54, 1.807) is 7.11 Å². The zero-order valence-electron chi connectivity index (χ0n) is 14.5. The molecule has 10 heteroatoms. The highest BCUT2D eigenvalue weighted by molar-refractivity contribution is 7.87. The SMILES string of the molecule is CO[Si](C)(C)CCCCCCCCCOC(=O)C(F)(F)S(=O)(=O)[O-]. The highest BCUT2D eigenvalue weighted by Gasteiger charge is 2.48. The molecule has 0 aliphatic heterocycles. The Balaban J connectivity index is 3.64. The Labute approximate surface area is 143 Å². The molecule has 0 bridgehead atoms. The number of rotatable bonds is 13. The summed E-state index contributed by atoms with van der Waals surface area (Å²) in [5.41, 5.74) is 0. The Morgan fingerprint density at radius 1 is 1.04 bits per heavy atom. The molecule has 0 saturated heterocycles. The summed E-state index contributed by atoms with van der Waals surface area (Å²) in [5, 5.41) is -5.02. The van der Waals surface area contributed by atoms with E-state index < -0.39 is 29.7 Å². The first kappa shape index (κ1) is 23.4. The van der Waals surface area contributed by atoms with Gasteiger partial charge in [0.05, 0.1) is 6.61 Å². The van der Waals surface area contributed by atoms with Gasteiger partial charge in [-0.2, -0.15) is 8.78 Å². The number of unbranched alkanes of at least 4 members (excludes halogenated alkanes) is 6. The molecule has 0 aliphatic carbocycles. The average molecular weight is 390 g/mol. The maximum absolute atomic E-state index is 12.8. The average Bonchev–Trinajstić information content (AvgIpc) is 2.47. The third-order valence-electron chi connectivity index (χ3n) is 3.76. The summed E-state index contributed by atoms with van der Waals surface area (Å²) in [6.07, 6.45) is 6.21. The van der Waals surface area contributed by atoms with Crippen molar-refractivity contribution in [1.29, 1.82) is 0 Å². The molecule has 0 fully saturated rings. The quantitative estimate of drug-likeness (QED) is 0.208. The number of esters is 1. The first-order chi connectivity index (χ1) is 10.9. The molecular formula is C14H27F2O6SSi-. The van der Waals surface area contributed by atoms with Crippen LogP contribution in [0.15, 0.2) is 0 Å². The van der Waals surface area contributed by atoms with Gasteiger partial charge < -0.3 is 13.7 Å². The standard InChI is InChI=1S/C14H28F2O6SSi/c1-21-24(2,3)12-10-8-6-4-5-7-9-11-22-13(17)14(15,16)23(18,19)20/h4-12H2,1-3H3,(H,18,19,20)/p-1. The molecule has 6 nitrogen and oxygen atoms in total. The molecule has 0 aliphatic rings. The number of alkyl halides is 2. The zero-order valence-corrected chi connectivity index (χ0v) is 16.3. The lowest BCUT2D eigenvalue weighted by atomic mass is 10.1. The van der Waals surface area contributed by atoms with Gasteiger partial charge in [0, 0.05) is 7.11 Å². The summed E-state index contributed by atoms with van der Waals surface area (Å²) in [6.45, 7) is 4.03. The molecule has 0 saturated carbocycles. The predicted molar refractivity (Wildman–Crippen MR) is 87.2 cm³/mol. The molecular weight excluding hydrogens is 362 g/mol. The minimum Gasteiger partial charge on any atom is -0.743 e. The number of ether oxygens (including phenoxy) is 1. The van der Waals surface area contributed by atoms with Crippen LogP contribution in [-0.2, 0) is 24.1 Å². The van der Waals surface area contributed by atoms with E-state index in [4.69, 9.17) is 4.43 Å². The van der Waals surface area contributed by atoms with Crippen LogP contribution in [0, 0.1) is 0 Å². The van der Waals surface area contributed by atoms with Gasteiger partial charge in [0.15, 0.2) is 18.4 Å². The Hall–Kier alpha value is -0.583. The Morgan fingerprint density at radius 3 is 1.96 bits per heavy atom. The van der Waals surface area contributed by atoms with Gasteiger partial charge in [0.25, 0.3) is 0 Å². The normalized spacial score (nSPS) is 13.1. The predicted octanol–water partition coefficient (Wildman–Crippen LogP) is 3.25. The van der Waals surface area contributed by atoms with Gasteiger partial charge in [-0.05, 0) is 25.6 Å². The van der Waals surface area contributed by atoms with Crippen LogP contribution >= 0.6 is 0 Å². The minimum atomic E-state index is -6.04. The Morgan fingerprint density at radius 2 is 1.50 bits per heavy atom. The number of hydrogen-bond acceptors (Lipinski definition) is 6. The highest BCUT2D eigenvalue weighted by atomic mass is 32.2. The first-order valence-corrected chi connectivity index (χ1v) is 12.5. The molecule has 0 heterocycles. The van der Waals surface area contributed by atoms with Crippen LogP contribution in [0.4, 0.5) is 8.78 Å². The first-order valence-electron chi connectivity index (χ1n) is 7.99. The van der Waals surface area contributed by atoms with Crippen molar-refractivity contribution < 1.29 is 35.7 Å². The largest absolute Gasteiger partial charge is 0.743 e. The van der Waals surface area contributed by atoms with Crippen LogP contribution in [0.1, 0.15) is 44.9 Å². The van der Waals surface area contributed by atoms with Crippen molar-refractivity contribution in [3.05, 3.63) is 0 Å². The molecule has 0 aromatic heterocycles. The fourth-order valence-electron chi connectivity index (χ4n) is 1.99. The molecule has 0 radical (unpaired) electrons. The van der Waals surface area contributed by atoms with Gasteiger partial charge in [0.1, 0.15) is 0 Å². The van der Waals surface area contributed by atoms with Crippen molar-refractivity contribution in [2.24, 2.45) is 0 Å². The van der Waals surface area contributed by atoms with Crippen LogP contribution < -0.4 is 0 Å². The monoisotopic (exact) mass is 389 g/mol. The molecule has 24 heavy (non-hydrogen) atoms. The smallest absolute Gasteiger partial charge is 0.428 e. The fourth-order valence-corrected chi connectivity index (χ4v) is 3.56. The number of carbonyl (C=O) groups excluding carboxylic acids is 1. The van der Waals surface area contributed by atoms with Gasteiger partial charge in [-0.15, -0.1) is 0 Å². The number of hydrogen-bond donors (Lipinski definition) is 0. The van der Waals surface area contributed by atoms with Crippen molar-refractivity contribution in [3.63, 3.8) is 0 Å². The molecule has 0 spiro atoms. The molecule has 0 unspecified atom stereocenters. The van der Waals surface area contributed by atoms with Crippen LogP contribution in [0.5, 0.6) is 0 Å². The summed E-state index contributed by atoms with van der Waals surface area (Å²) in [5.74, 6) is -2.30. The molecule has 0 amide bonds. The summed E-state index contributed by atoms with van der Waals surface area (Å²) in [7, 11) is -5.76. The number of halogens is 2. The summed E-state index contributed by atoms with van der Waals surface area (Å²) in [6, 6.07) is 1.12. The zero-order chi connectivity index (χ0) is 18.9. The second-order valence-corrected chi connectivity index (χ2v) is 12.1. The molecule has 0 N–H and O–H groups in total. The molecule has 0 aromatic rings. The van der Waals surface area contributed by atoms with E-state index in [0.29, 0.717) is 12.8 Å². The Bertz CT molecular complexity index is 482. The van der Waals surface area contributed by atoms with Gasteiger partial charge in [-0.1, -0.05) is 38.5 Å². The minimum absolute atomic E-state index is 0.322. The second kappa shape index (κ2) is 10.4. The lowest BCUT2D eigenvalue weighted by molar-refractivity contribution is -0.161. The van der Waals surface area contributed by atoms with Crippen molar-refractivity contribution in [2.45, 2.75) is 69.3 Å². The van der Waals surface area contributed by atoms with Crippen molar-refractivity contribution >= 4 is 24.4 Å². The molecule has 0 atom stereocenters.